The number of aromatic nitrogens is 2. The molecule has 7 heteroatoms. The zero-order valence-electron chi connectivity index (χ0n) is 12.1. The van der Waals surface area contributed by atoms with E-state index in [0.717, 1.165) is 0 Å². The predicted octanol–water partition coefficient (Wildman–Crippen LogP) is 3.00. The van der Waals surface area contributed by atoms with Crippen LogP contribution >= 0.6 is 23.2 Å². The summed E-state index contributed by atoms with van der Waals surface area (Å²) in [5.41, 5.74) is 8.37. The van der Waals surface area contributed by atoms with E-state index in [-0.39, 0.29) is 13.2 Å². The Hall–Kier alpha value is -1.79. The average Bonchev–Trinajstić information content (AvgIpc) is 2.87. The minimum Gasteiger partial charge on any atom is -0.397 e. The Morgan fingerprint density at radius 1 is 1.22 bits per heavy atom. The molecule has 0 aliphatic heterocycles. The van der Waals surface area contributed by atoms with Crippen LogP contribution in [0.15, 0.2) is 36.4 Å². The first-order valence-electron chi connectivity index (χ1n) is 7.01. The summed E-state index contributed by atoms with van der Waals surface area (Å²) in [5, 5.41) is 20.9. The van der Waals surface area contributed by atoms with Crippen LogP contribution in [-0.2, 0) is 6.54 Å². The molecule has 2 aromatic carbocycles. The molecule has 0 fully saturated rings. The van der Waals surface area contributed by atoms with Crippen LogP contribution in [0.4, 0.5) is 5.69 Å². The Balaban J connectivity index is 2.18. The number of benzene rings is 2. The summed E-state index contributed by atoms with van der Waals surface area (Å²) in [6, 6.07) is 10.2. The van der Waals surface area contributed by atoms with Crippen molar-refractivity contribution < 1.29 is 10.2 Å². The zero-order chi connectivity index (χ0) is 16.6. The highest BCUT2D eigenvalue weighted by molar-refractivity contribution is 6.35. The van der Waals surface area contributed by atoms with Crippen molar-refractivity contribution in [3.05, 3.63) is 57.8 Å². The van der Waals surface area contributed by atoms with Crippen LogP contribution < -0.4 is 5.73 Å². The predicted molar refractivity (Wildman–Crippen MR) is 91.8 cm³/mol. The highest BCUT2D eigenvalue weighted by atomic mass is 35.5. The number of halogens is 2. The van der Waals surface area contributed by atoms with E-state index < -0.39 is 6.10 Å². The van der Waals surface area contributed by atoms with Gasteiger partial charge in [0.1, 0.15) is 11.9 Å². The van der Waals surface area contributed by atoms with Gasteiger partial charge in [-0.3, -0.25) is 0 Å². The van der Waals surface area contributed by atoms with Gasteiger partial charge in [0.2, 0.25) is 0 Å². The molecule has 23 heavy (non-hydrogen) atoms. The number of aliphatic hydroxyl groups excluding tert-OH is 2. The fourth-order valence-electron chi connectivity index (χ4n) is 2.63. The number of aliphatic hydroxyl groups is 2. The number of hydrogen-bond donors (Lipinski definition) is 3. The van der Waals surface area contributed by atoms with E-state index in [1.165, 1.54) is 0 Å². The second kappa shape index (κ2) is 6.37. The van der Waals surface area contributed by atoms with Crippen LogP contribution in [0.2, 0.25) is 10.0 Å². The van der Waals surface area contributed by atoms with E-state index in [1.807, 2.05) is 0 Å². The van der Waals surface area contributed by atoms with Crippen molar-refractivity contribution in [1.29, 1.82) is 0 Å². The second-order valence-electron chi connectivity index (χ2n) is 5.13. The fraction of sp³-hybridized carbons (Fsp3) is 0.188. The van der Waals surface area contributed by atoms with Gasteiger partial charge < -0.3 is 20.5 Å². The number of nitrogens with zero attached hydrogens (tertiary/aromatic N) is 2. The minimum absolute atomic E-state index is 0.103. The minimum atomic E-state index is -1.06. The molecule has 0 saturated carbocycles. The van der Waals surface area contributed by atoms with Gasteiger partial charge in [-0.05, 0) is 24.3 Å². The molecule has 4 N–H and O–H groups in total. The number of hydrogen-bond acceptors (Lipinski definition) is 4. The lowest BCUT2D eigenvalue weighted by Crippen LogP contribution is -2.13. The number of anilines is 1. The summed E-state index contributed by atoms with van der Waals surface area (Å²) in [6.45, 7) is 0.163. The molecule has 1 aromatic heterocycles. The zero-order valence-corrected chi connectivity index (χ0v) is 13.6. The first-order chi connectivity index (χ1) is 11.0. The molecule has 0 saturated heterocycles. The third-order valence-corrected chi connectivity index (χ3v) is 4.22. The quantitative estimate of drug-likeness (QED) is 0.630. The lowest BCUT2D eigenvalue weighted by molar-refractivity contribution is 0.200. The molecule has 3 aromatic rings. The number of nitrogens with two attached hydrogens (primary N) is 1. The number of imidazole rings is 1. The van der Waals surface area contributed by atoms with Crippen LogP contribution in [0.5, 0.6) is 0 Å². The summed E-state index contributed by atoms with van der Waals surface area (Å²) in [7, 11) is 0. The average molecular weight is 352 g/mol. The Labute approximate surface area is 142 Å². The third kappa shape index (κ3) is 2.88. The fourth-order valence-corrected chi connectivity index (χ4v) is 3.14. The molecule has 0 amide bonds. The third-order valence-electron chi connectivity index (χ3n) is 3.65. The molecule has 0 aliphatic rings. The summed E-state index contributed by atoms with van der Waals surface area (Å²) < 4.78 is 1.71. The molecule has 0 bridgehead atoms. The molecule has 0 aliphatic carbocycles. The van der Waals surface area contributed by atoms with E-state index >= 15 is 0 Å². The monoisotopic (exact) mass is 351 g/mol. The van der Waals surface area contributed by atoms with E-state index in [2.05, 4.69) is 4.98 Å². The van der Waals surface area contributed by atoms with Crippen molar-refractivity contribution in [2.45, 2.75) is 12.6 Å². The van der Waals surface area contributed by atoms with Crippen LogP contribution in [0.3, 0.4) is 0 Å². The molecular formula is C16H15Cl2N3O2. The maximum Gasteiger partial charge on any atom is 0.143 e. The van der Waals surface area contributed by atoms with E-state index in [1.54, 1.807) is 41.0 Å². The SMILES string of the molecule is Nc1cccc2nc(C(O)c3ccc(Cl)cc3Cl)n(CCO)c12. The number of para-hydroxylation sites is 1. The van der Waals surface area contributed by atoms with Crippen LogP contribution in [-0.4, -0.2) is 26.4 Å². The number of rotatable bonds is 4. The van der Waals surface area contributed by atoms with Crippen LogP contribution in [0, 0.1) is 0 Å². The normalized spacial score (nSPS) is 12.7. The lowest BCUT2D eigenvalue weighted by atomic mass is 10.1. The van der Waals surface area contributed by atoms with Crippen molar-refractivity contribution in [3.63, 3.8) is 0 Å². The molecule has 0 radical (unpaired) electrons. The van der Waals surface area contributed by atoms with E-state index in [4.69, 9.17) is 28.9 Å². The molecule has 1 unspecified atom stereocenters. The summed E-state index contributed by atoms with van der Waals surface area (Å²) in [4.78, 5) is 4.46. The lowest BCUT2D eigenvalue weighted by Gasteiger charge is -2.15. The molecule has 5 nitrogen and oxygen atoms in total. The topological polar surface area (TPSA) is 84.3 Å². The van der Waals surface area contributed by atoms with Gasteiger partial charge in [-0.25, -0.2) is 4.98 Å². The van der Waals surface area contributed by atoms with Gasteiger partial charge in [-0.15, -0.1) is 0 Å². The maximum atomic E-state index is 10.7. The van der Waals surface area contributed by atoms with Crippen molar-refractivity contribution in [3.8, 4) is 0 Å². The van der Waals surface area contributed by atoms with Crippen LogP contribution in [0.1, 0.15) is 17.5 Å². The Morgan fingerprint density at radius 2 is 2.00 bits per heavy atom. The van der Waals surface area contributed by atoms with Gasteiger partial charge >= 0.3 is 0 Å². The van der Waals surface area contributed by atoms with Gasteiger partial charge in [0, 0.05) is 22.2 Å². The van der Waals surface area contributed by atoms with Crippen LogP contribution in [0.25, 0.3) is 11.0 Å². The highest BCUT2D eigenvalue weighted by Gasteiger charge is 2.22. The second-order valence-corrected chi connectivity index (χ2v) is 5.97. The standard InChI is InChI=1S/C16H15Cl2N3O2/c17-9-4-5-10(11(18)8-9)15(23)16-20-13-3-1-2-12(19)14(13)21(16)6-7-22/h1-5,8,15,22-23H,6-7,19H2. The van der Waals surface area contributed by atoms with Crippen molar-refractivity contribution >= 4 is 39.9 Å². The van der Waals surface area contributed by atoms with Gasteiger partial charge in [0.25, 0.3) is 0 Å². The van der Waals surface area contributed by atoms with E-state index in [9.17, 15) is 10.2 Å². The number of nitrogen functional groups attached to an aromatic ring is 1. The highest BCUT2D eigenvalue weighted by Crippen LogP contribution is 2.32. The van der Waals surface area contributed by atoms with Crippen molar-refractivity contribution in [1.82, 2.24) is 9.55 Å². The van der Waals surface area contributed by atoms with Gasteiger partial charge in [0.15, 0.2) is 0 Å². The molecule has 120 valence electrons. The molecule has 0 spiro atoms. The first kappa shape index (κ1) is 16.1. The largest absolute Gasteiger partial charge is 0.397 e. The van der Waals surface area contributed by atoms with Gasteiger partial charge in [-0.2, -0.15) is 0 Å². The summed E-state index contributed by atoms with van der Waals surface area (Å²) in [6.07, 6.45) is -1.06. The number of fused-ring (bicyclic) bond motifs is 1. The summed E-state index contributed by atoms with van der Waals surface area (Å²) in [5.74, 6) is 0.371. The van der Waals surface area contributed by atoms with E-state index in [0.29, 0.717) is 38.2 Å². The van der Waals surface area contributed by atoms with Gasteiger partial charge in [0.05, 0.1) is 23.3 Å². The Morgan fingerprint density at radius 3 is 2.70 bits per heavy atom. The van der Waals surface area contributed by atoms with Gasteiger partial charge in [-0.1, -0.05) is 35.3 Å². The molecule has 3 rings (SSSR count). The Kier molecular flexibility index (Phi) is 4.46. The Bertz CT molecular complexity index is 864. The molecule has 1 heterocycles. The van der Waals surface area contributed by atoms with Crippen molar-refractivity contribution in [2.24, 2.45) is 0 Å². The first-order valence-corrected chi connectivity index (χ1v) is 7.77. The summed E-state index contributed by atoms with van der Waals surface area (Å²) >= 11 is 12.1. The smallest absolute Gasteiger partial charge is 0.143 e. The maximum absolute atomic E-state index is 10.7. The molecule has 1 atom stereocenters. The molecular weight excluding hydrogens is 337 g/mol. The van der Waals surface area contributed by atoms with Crippen molar-refractivity contribution in [2.75, 3.05) is 12.3 Å².